The summed E-state index contributed by atoms with van der Waals surface area (Å²) in [5.74, 6) is 1.66. The lowest BCUT2D eigenvalue weighted by atomic mass is 9.87. The van der Waals surface area contributed by atoms with Gasteiger partial charge in [0.05, 0.1) is 49.1 Å². The summed E-state index contributed by atoms with van der Waals surface area (Å²) in [5, 5.41) is 2.73. The molecule has 12 heteroatoms. The minimum Gasteiger partial charge on any atom is -0.453 e. The zero-order valence-electron chi connectivity index (χ0n) is 38.7. The molecule has 12 nitrogen and oxygen atoms in total. The summed E-state index contributed by atoms with van der Waals surface area (Å²) in [5.41, 5.74) is 8.79. The van der Waals surface area contributed by atoms with Crippen molar-refractivity contribution < 1.29 is 19.1 Å². The maximum atomic E-state index is 13.7. The third-order valence-corrected chi connectivity index (χ3v) is 13.4. The number of hydrogen-bond donors (Lipinski definition) is 3. The Morgan fingerprint density at radius 3 is 1.67 bits per heavy atom. The number of nitrogens with one attached hydrogen (secondary N) is 3. The molecule has 5 atom stereocenters. The van der Waals surface area contributed by atoms with Crippen LogP contribution in [0, 0.1) is 18.3 Å². The van der Waals surface area contributed by atoms with E-state index in [-0.39, 0.29) is 53.2 Å². The van der Waals surface area contributed by atoms with Gasteiger partial charge in [-0.1, -0.05) is 109 Å². The highest BCUT2D eigenvalue weighted by Gasteiger charge is 2.39. The molecule has 0 saturated carbocycles. The number of likely N-dealkylation sites (tertiary alicyclic amines) is 2. The van der Waals surface area contributed by atoms with Gasteiger partial charge in [-0.15, -0.1) is 0 Å². The molecule has 1 radical (unpaired) electrons. The summed E-state index contributed by atoms with van der Waals surface area (Å²) in [6.45, 7) is 16.1. The van der Waals surface area contributed by atoms with Crippen LogP contribution in [-0.4, -0.2) is 73.9 Å². The molecule has 3 aliphatic heterocycles. The van der Waals surface area contributed by atoms with Gasteiger partial charge in [0, 0.05) is 42.3 Å². The summed E-state index contributed by atoms with van der Waals surface area (Å²) in [4.78, 5) is 62.0. The normalized spacial score (nSPS) is 20.7. The van der Waals surface area contributed by atoms with Gasteiger partial charge in [0.15, 0.2) is 0 Å². The van der Waals surface area contributed by atoms with Crippen molar-refractivity contribution in [1.29, 1.82) is 0 Å². The van der Waals surface area contributed by atoms with Crippen molar-refractivity contribution in [1.82, 2.24) is 35.1 Å². The van der Waals surface area contributed by atoms with Crippen LogP contribution in [0.2, 0.25) is 0 Å². The van der Waals surface area contributed by atoms with Crippen LogP contribution in [0.25, 0.3) is 22.8 Å². The minimum atomic E-state index is -0.679. The van der Waals surface area contributed by atoms with Crippen molar-refractivity contribution >= 4 is 23.6 Å². The van der Waals surface area contributed by atoms with Crippen LogP contribution >= 0.6 is 0 Å². The number of carbonyl (C=O) groups is 3. The van der Waals surface area contributed by atoms with E-state index in [1.54, 1.807) is 6.42 Å². The Hall–Kier alpha value is -5.91. The van der Waals surface area contributed by atoms with Gasteiger partial charge >= 0.3 is 6.09 Å². The first-order valence-electron chi connectivity index (χ1n) is 23.2. The van der Waals surface area contributed by atoms with E-state index in [1.165, 1.54) is 29.5 Å². The zero-order chi connectivity index (χ0) is 45.3. The second-order valence-electron chi connectivity index (χ2n) is 19.6. The quantitative estimate of drug-likeness (QED) is 0.113. The maximum absolute atomic E-state index is 13.7. The van der Waals surface area contributed by atoms with Crippen LogP contribution in [0.3, 0.4) is 0 Å². The molecule has 3 fully saturated rings. The fourth-order valence-corrected chi connectivity index (χ4v) is 9.93. The van der Waals surface area contributed by atoms with Crippen LogP contribution < -0.4 is 10.2 Å². The SMILES string of the molecule is COC(=O)N[C@H](C(=O)N1CCC[C@H]1c1c[nH]c(-c2ccc([C@H]3CC[C@H](c4ccc(-c5nc([C@@H]6CCCN6C(=O)[CH]C(C)C)c[nH]5)cc4)N3c3ccc(C(C)(C)C)cc3)cc2)n1)C(C)C. The van der Waals surface area contributed by atoms with Crippen molar-refractivity contribution in [2.75, 3.05) is 25.1 Å². The second-order valence-corrected chi connectivity index (χ2v) is 19.6. The molecule has 0 spiro atoms. The zero-order valence-corrected chi connectivity index (χ0v) is 38.7. The molecule has 3 N–H and O–H groups in total. The summed E-state index contributed by atoms with van der Waals surface area (Å²) in [6, 6.07) is 26.2. The van der Waals surface area contributed by atoms with Crippen molar-refractivity contribution in [3.05, 3.63) is 120 Å². The third kappa shape index (κ3) is 9.33. The Balaban J connectivity index is 1.01. The van der Waals surface area contributed by atoms with E-state index in [9.17, 15) is 14.4 Å². The van der Waals surface area contributed by atoms with Gasteiger partial charge in [-0.25, -0.2) is 14.8 Å². The molecule has 5 aromatic rings. The molecule has 5 heterocycles. The summed E-state index contributed by atoms with van der Waals surface area (Å²) < 4.78 is 4.81. The number of nitrogens with zero attached hydrogens (tertiary/aromatic N) is 5. The number of aromatic nitrogens is 4. The van der Waals surface area contributed by atoms with Crippen LogP contribution in [0.5, 0.6) is 0 Å². The van der Waals surface area contributed by atoms with E-state index in [1.807, 2.05) is 49.9 Å². The number of methoxy groups -OCH3 is 1. The molecule has 0 bridgehead atoms. The lowest BCUT2D eigenvalue weighted by Crippen LogP contribution is -2.51. The van der Waals surface area contributed by atoms with Gasteiger partial charge in [0.2, 0.25) is 11.8 Å². The molecule has 3 saturated heterocycles. The number of alkyl carbamates (subject to hydrolysis) is 1. The third-order valence-electron chi connectivity index (χ3n) is 13.4. The number of H-pyrrole nitrogens is 2. The number of benzene rings is 3. The van der Waals surface area contributed by atoms with Gasteiger partial charge in [-0.2, -0.15) is 0 Å². The Morgan fingerprint density at radius 2 is 1.20 bits per heavy atom. The van der Waals surface area contributed by atoms with Crippen molar-refractivity contribution in [3.8, 4) is 22.8 Å². The van der Waals surface area contributed by atoms with Gasteiger partial charge in [0.25, 0.3) is 0 Å². The lowest BCUT2D eigenvalue weighted by molar-refractivity contribution is -0.135. The Labute approximate surface area is 378 Å². The lowest BCUT2D eigenvalue weighted by Gasteiger charge is -2.34. The molecule has 2 aromatic heterocycles. The standard InChI is InChI=1S/C52H65N8O4/c1-32(2)29-46(61)58-27-9-11-44(58)40-30-53-48(55-40)36-17-13-34(14-18-36)42-25-26-43(60(42)39-23-21-38(22-24-39)52(5,6)7)35-15-19-37(20-16-35)49-54-31-41(56-49)45-12-10-28-59(45)50(62)47(33(3)4)57-51(63)64-8/h13-24,29-33,42-45,47H,9-12,25-28H2,1-8H3,(H,53,55)(H,54,56)(H,57,63)/t42-,43-,44+,45+,47+/m1/s1. The molecule has 64 heavy (non-hydrogen) atoms. The molecule has 8 rings (SSSR count). The fraction of sp³-hybridized carbons (Fsp3) is 0.462. The van der Waals surface area contributed by atoms with Gasteiger partial charge in [-0.05, 0) is 84.6 Å². The molecule has 3 amide bonds. The highest BCUT2D eigenvalue weighted by Crippen LogP contribution is 2.48. The Kier molecular flexibility index (Phi) is 13.0. The highest BCUT2D eigenvalue weighted by molar-refractivity contribution is 5.87. The maximum Gasteiger partial charge on any atom is 0.407 e. The average molecular weight is 866 g/mol. The number of aromatic amines is 2. The van der Waals surface area contributed by atoms with Crippen LogP contribution in [-0.2, 0) is 19.7 Å². The van der Waals surface area contributed by atoms with Crippen LogP contribution in [0.4, 0.5) is 10.5 Å². The summed E-state index contributed by atoms with van der Waals surface area (Å²) in [6.07, 6.45) is 10.7. The van der Waals surface area contributed by atoms with Gasteiger partial charge in [-0.3, -0.25) is 9.59 Å². The van der Waals surface area contributed by atoms with Gasteiger partial charge < -0.3 is 34.7 Å². The van der Waals surface area contributed by atoms with Crippen molar-refractivity contribution in [3.63, 3.8) is 0 Å². The largest absolute Gasteiger partial charge is 0.453 e. The molecule has 3 aliphatic rings. The summed E-state index contributed by atoms with van der Waals surface area (Å²) in [7, 11) is 1.31. The average Bonchev–Trinajstić information content (AvgIpc) is 4.14. The van der Waals surface area contributed by atoms with Crippen molar-refractivity contribution in [2.24, 2.45) is 11.8 Å². The number of carbonyl (C=O) groups excluding carboxylic acids is 3. The Morgan fingerprint density at radius 1 is 0.703 bits per heavy atom. The van der Waals surface area contributed by atoms with E-state index in [4.69, 9.17) is 14.7 Å². The van der Waals surface area contributed by atoms with E-state index in [2.05, 4.69) is 114 Å². The number of imidazole rings is 2. The Bertz CT molecular complexity index is 2390. The molecule has 337 valence electrons. The van der Waals surface area contributed by atoms with E-state index >= 15 is 0 Å². The van der Waals surface area contributed by atoms with E-state index in [0.29, 0.717) is 6.54 Å². The molecular weight excluding hydrogens is 801 g/mol. The topological polar surface area (TPSA) is 140 Å². The molecule has 0 aliphatic carbocycles. The molecular formula is C52H65N8O4. The van der Waals surface area contributed by atoms with Crippen LogP contribution in [0.15, 0.2) is 85.2 Å². The minimum absolute atomic E-state index is 0.00644. The predicted octanol–water partition coefficient (Wildman–Crippen LogP) is 10.4. The smallest absolute Gasteiger partial charge is 0.407 e. The fourth-order valence-electron chi connectivity index (χ4n) is 9.93. The van der Waals surface area contributed by atoms with E-state index in [0.717, 1.165) is 79.2 Å². The first kappa shape index (κ1) is 44.7. The van der Waals surface area contributed by atoms with Gasteiger partial charge in [0.1, 0.15) is 17.7 Å². The van der Waals surface area contributed by atoms with E-state index < -0.39 is 12.1 Å². The molecule has 3 aromatic carbocycles. The number of amides is 3. The number of ether oxygens (including phenoxy) is 1. The number of anilines is 1. The highest BCUT2D eigenvalue weighted by atomic mass is 16.5. The first-order valence-corrected chi connectivity index (χ1v) is 23.2. The van der Waals surface area contributed by atoms with Crippen molar-refractivity contribution in [2.45, 2.75) is 123 Å². The predicted molar refractivity (Wildman–Crippen MR) is 251 cm³/mol. The van der Waals surface area contributed by atoms with Crippen LogP contribution in [0.1, 0.15) is 139 Å². The first-order chi connectivity index (χ1) is 30.7. The number of rotatable bonds is 12. The summed E-state index contributed by atoms with van der Waals surface area (Å²) >= 11 is 0. The second kappa shape index (κ2) is 18.7. The monoisotopic (exact) mass is 866 g/mol. The number of hydrogen-bond acceptors (Lipinski definition) is 7. The molecule has 0 unspecified atom stereocenters.